The van der Waals surface area contributed by atoms with Gasteiger partial charge in [-0.1, -0.05) is 18.2 Å². The number of hydrogen-bond acceptors (Lipinski definition) is 2. The minimum atomic E-state index is -0.399. The van der Waals surface area contributed by atoms with Crippen LogP contribution in [0.25, 0.3) is 11.1 Å². The van der Waals surface area contributed by atoms with Gasteiger partial charge in [0.25, 0.3) is 0 Å². The van der Waals surface area contributed by atoms with Crippen LogP contribution >= 0.6 is 0 Å². The summed E-state index contributed by atoms with van der Waals surface area (Å²) in [6.07, 6.45) is 0. The molecule has 0 bridgehead atoms. The number of rotatable bonds is 1. The average Bonchev–Trinajstić information content (AvgIpc) is 2.23. The molecule has 0 fully saturated rings. The van der Waals surface area contributed by atoms with Crippen molar-refractivity contribution in [2.75, 3.05) is 11.5 Å². The predicted molar refractivity (Wildman–Crippen MR) is 60.7 cm³/mol. The van der Waals surface area contributed by atoms with Gasteiger partial charge >= 0.3 is 0 Å². The third-order valence-corrected chi connectivity index (χ3v) is 2.24. The maximum atomic E-state index is 13.2. The zero-order valence-electron chi connectivity index (χ0n) is 8.07. The highest BCUT2D eigenvalue weighted by Gasteiger charge is 2.01. The molecule has 0 atom stereocenters. The van der Waals surface area contributed by atoms with Crippen LogP contribution in [-0.2, 0) is 0 Å². The van der Waals surface area contributed by atoms with E-state index in [1.165, 1.54) is 6.07 Å². The summed E-state index contributed by atoms with van der Waals surface area (Å²) >= 11 is 0. The van der Waals surface area contributed by atoms with Crippen LogP contribution in [0.4, 0.5) is 15.8 Å². The summed E-state index contributed by atoms with van der Waals surface area (Å²) in [6, 6.07) is 12.0. The van der Waals surface area contributed by atoms with Gasteiger partial charge in [-0.15, -0.1) is 0 Å². The van der Waals surface area contributed by atoms with E-state index in [1.807, 2.05) is 12.1 Å². The first-order chi connectivity index (χ1) is 7.16. The summed E-state index contributed by atoms with van der Waals surface area (Å²) in [6.45, 7) is 0. The first-order valence-corrected chi connectivity index (χ1v) is 4.58. The van der Waals surface area contributed by atoms with E-state index in [1.54, 1.807) is 24.3 Å². The summed E-state index contributed by atoms with van der Waals surface area (Å²) in [5.74, 6) is -0.399. The van der Waals surface area contributed by atoms with E-state index in [0.717, 1.165) is 11.1 Å². The Morgan fingerprint density at radius 2 is 1.40 bits per heavy atom. The standard InChI is InChI=1S/C12H11FN2/c13-11-7-9(3-6-12(11)15)8-1-4-10(14)5-2-8/h1-7H,14-15H2. The molecule has 0 saturated heterocycles. The Hall–Kier alpha value is -2.03. The van der Waals surface area contributed by atoms with E-state index in [4.69, 9.17) is 11.5 Å². The van der Waals surface area contributed by atoms with Crippen LogP contribution < -0.4 is 11.5 Å². The monoisotopic (exact) mass is 202 g/mol. The molecule has 0 aliphatic carbocycles. The molecule has 0 aliphatic heterocycles. The molecular weight excluding hydrogens is 191 g/mol. The molecule has 0 radical (unpaired) electrons. The lowest BCUT2D eigenvalue weighted by molar-refractivity contribution is 0.633. The molecule has 15 heavy (non-hydrogen) atoms. The Balaban J connectivity index is 2.45. The van der Waals surface area contributed by atoms with Crippen molar-refractivity contribution in [1.29, 1.82) is 0 Å². The number of halogens is 1. The fourth-order valence-corrected chi connectivity index (χ4v) is 1.38. The van der Waals surface area contributed by atoms with Crippen LogP contribution in [0.2, 0.25) is 0 Å². The molecule has 76 valence electrons. The van der Waals surface area contributed by atoms with Gasteiger partial charge in [-0.25, -0.2) is 4.39 Å². The Morgan fingerprint density at radius 1 is 0.800 bits per heavy atom. The molecule has 0 amide bonds. The van der Waals surface area contributed by atoms with E-state index in [0.29, 0.717) is 5.69 Å². The molecule has 2 aromatic carbocycles. The van der Waals surface area contributed by atoms with Crippen molar-refractivity contribution in [1.82, 2.24) is 0 Å². The highest BCUT2D eigenvalue weighted by molar-refractivity contribution is 5.67. The maximum Gasteiger partial charge on any atom is 0.146 e. The van der Waals surface area contributed by atoms with E-state index < -0.39 is 5.82 Å². The van der Waals surface area contributed by atoms with E-state index in [9.17, 15) is 4.39 Å². The quantitative estimate of drug-likeness (QED) is 0.698. The number of nitrogens with two attached hydrogens (primary N) is 2. The van der Waals surface area contributed by atoms with Crippen molar-refractivity contribution in [2.24, 2.45) is 0 Å². The number of benzene rings is 2. The van der Waals surface area contributed by atoms with E-state index >= 15 is 0 Å². The summed E-state index contributed by atoms with van der Waals surface area (Å²) in [5.41, 5.74) is 13.5. The highest BCUT2D eigenvalue weighted by atomic mass is 19.1. The van der Waals surface area contributed by atoms with E-state index in [2.05, 4.69) is 0 Å². The molecule has 0 unspecified atom stereocenters. The second-order valence-corrected chi connectivity index (χ2v) is 3.36. The normalized spacial score (nSPS) is 10.2. The summed E-state index contributed by atoms with van der Waals surface area (Å²) in [4.78, 5) is 0. The van der Waals surface area contributed by atoms with Crippen LogP contribution in [0.15, 0.2) is 42.5 Å². The Labute approximate surface area is 87.3 Å². The van der Waals surface area contributed by atoms with Crippen LogP contribution in [-0.4, -0.2) is 0 Å². The van der Waals surface area contributed by atoms with Crippen LogP contribution in [0.5, 0.6) is 0 Å². The van der Waals surface area contributed by atoms with Gasteiger partial charge in [0.05, 0.1) is 5.69 Å². The molecule has 4 N–H and O–H groups in total. The molecule has 2 rings (SSSR count). The van der Waals surface area contributed by atoms with Crippen molar-refractivity contribution in [2.45, 2.75) is 0 Å². The van der Waals surface area contributed by atoms with Gasteiger partial charge in [-0.3, -0.25) is 0 Å². The lowest BCUT2D eigenvalue weighted by Crippen LogP contribution is -1.90. The molecule has 0 aliphatic rings. The number of nitrogen functional groups attached to an aromatic ring is 2. The molecule has 0 spiro atoms. The third-order valence-electron chi connectivity index (χ3n) is 2.24. The van der Waals surface area contributed by atoms with Gasteiger partial charge in [0, 0.05) is 5.69 Å². The molecule has 3 heteroatoms. The Morgan fingerprint density at radius 3 is 2.00 bits per heavy atom. The first kappa shape index (κ1) is 9.52. The topological polar surface area (TPSA) is 52.0 Å². The van der Waals surface area contributed by atoms with Crippen molar-refractivity contribution < 1.29 is 4.39 Å². The number of anilines is 2. The highest BCUT2D eigenvalue weighted by Crippen LogP contribution is 2.23. The SMILES string of the molecule is Nc1ccc(-c2ccc(N)c(F)c2)cc1. The van der Waals surface area contributed by atoms with Crippen molar-refractivity contribution >= 4 is 11.4 Å². The average molecular weight is 202 g/mol. The summed E-state index contributed by atoms with van der Waals surface area (Å²) in [7, 11) is 0. The lowest BCUT2D eigenvalue weighted by atomic mass is 10.0. The van der Waals surface area contributed by atoms with Crippen molar-refractivity contribution in [3.05, 3.63) is 48.3 Å². The van der Waals surface area contributed by atoms with Gasteiger partial charge in [-0.2, -0.15) is 0 Å². The number of hydrogen-bond donors (Lipinski definition) is 2. The zero-order valence-corrected chi connectivity index (χ0v) is 8.07. The first-order valence-electron chi connectivity index (χ1n) is 4.58. The summed E-state index contributed by atoms with van der Waals surface area (Å²) in [5, 5.41) is 0. The Kier molecular flexibility index (Phi) is 2.29. The van der Waals surface area contributed by atoms with Gasteiger partial charge in [0.15, 0.2) is 0 Å². The van der Waals surface area contributed by atoms with Crippen LogP contribution in [0.1, 0.15) is 0 Å². The van der Waals surface area contributed by atoms with Gasteiger partial charge in [-0.05, 0) is 35.4 Å². The van der Waals surface area contributed by atoms with E-state index in [-0.39, 0.29) is 5.69 Å². The molecule has 0 aromatic heterocycles. The smallest absolute Gasteiger partial charge is 0.146 e. The summed E-state index contributed by atoms with van der Waals surface area (Å²) < 4.78 is 13.2. The minimum Gasteiger partial charge on any atom is -0.399 e. The van der Waals surface area contributed by atoms with Gasteiger partial charge < -0.3 is 11.5 Å². The molecule has 0 heterocycles. The van der Waals surface area contributed by atoms with Crippen molar-refractivity contribution in [3.8, 4) is 11.1 Å². The second kappa shape index (κ2) is 3.61. The largest absolute Gasteiger partial charge is 0.399 e. The Bertz CT molecular complexity index is 477. The van der Waals surface area contributed by atoms with Crippen molar-refractivity contribution in [3.63, 3.8) is 0 Å². The fraction of sp³-hybridized carbons (Fsp3) is 0. The van der Waals surface area contributed by atoms with Crippen LogP contribution in [0, 0.1) is 5.82 Å². The minimum absolute atomic E-state index is 0.161. The predicted octanol–water partition coefficient (Wildman–Crippen LogP) is 2.66. The maximum absolute atomic E-state index is 13.2. The third kappa shape index (κ3) is 1.91. The lowest BCUT2D eigenvalue weighted by Gasteiger charge is -2.03. The second-order valence-electron chi connectivity index (χ2n) is 3.36. The molecule has 0 saturated carbocycles. The van der Waals surface area contributed by atoms with Gasteiger partial charge in [0.1, 0.15) is 5.82 Å². The molecule has 2 nitrogen and oxygen atoms in total. The molecule has 2 aromatic rings. The van der Waals surface area contributed by atoms with Gasteiger partial charge in [0.2, 0.25) is 0 Å². The fourth-order valence-electron chi connectivity index (χ4n) is 1.38. The van der Waals surface area contributed by atoms with Crippen LogP contribution in [0.3, 0.4) is 0 Å². The molecular formula is C12H11FN2. The zero-order chi connectivity index (χ0) is 10.8.